The van der Waals surface area contributed by atoms with Crippen molar-refractivity contribution in [3.8, 4) is 0 Å². The molecule has 0 amide bonds. The van der Waals surface area contributed by atoms with E-state index in [1.807, 2.05) is 53.4 Å². The minimum Gasteiger partial charge on any atom is -0.395 e. The lowest BCUT2D eigenvalue weighted by Gasteiger charge is -2.26. The average Bonchev–Trinajstić information content (AvgIpc) is 2.48. The molecule has 0 saturated carbocycles. The summed E-state index contributed by atoms with van der Waals surface area (Å²) in [6.45, 7) is 1.18. The fourth-order valence-electron chi connectivity index (χ4n) is 2.21. The van der Waals surface area contributed by atoms with Crippen molar-refractivity contribution in [1.82, 2.24) is 0 Å². The maximum Gasteiger partial charge on any atom is 0.124 e. The van der Waals surface area contributed by atoms with Gasteiger partial charge >= 0.3 is 0 Å². The van der Waals surface area contributed by atoms with Crippen LogP contribution in [0.2, 0.25) is 0 Å². The SMILES string of the molecule is N=C(N)c1cc(Br)ccc1N(CCO)Cc1ccccc1. The van der Waals surface area contributed by atoms with Gasteiger partial charge in [0, 0.05) is 28.8 Å². The molecular weight excluding hydrogens is 330 g/mol. The zero-order valence-electron chi connectivity index (χ0n) is 11.6. The highest BCUT2D eigenvalue weighted by Crippen LogP contribution is 2.25. The van der Waals surface area contributed by atoms with Crippen molar-refractivity contribution in [3.05, 3.63) is 64.1 Å². The van der Waals surface area contributed by atoms with Gasteiger partial charge < -0.3 is 15.7 Å². The number of benzene rings is 2. The quantitative estimate of drug-likeness (QED) is 0.555. The van der Waals surface area contributed by atoms with E-state index in [9.17, 15) is 5.11 Å². The Balaban J connectivity index is 2.36. The van der Waals surface area contributed by atoms with Gasteiger partial charge in [-0.25, -0.2) is 0 Å². The lowest BCUT2D eigenvalue weighted by Crippen LogP contribution is -2.28. The molecule has 0 aliphatic carbocycles. The Morgan fingerprint density at radius 2 is 1.90 bits per heavy atom. The van der Waals surface area contributed by atoms with Crippen LogP contribution in [-0.4, -0.2) is 24.1 Å². The summed E-state index contributed by atoms with van der Waals surface area (Å²) in [4.78, 5) is 2.03. The number of aliphatic hydroxyl groups excluding tert-OH is 1. The fourth-order valence-corrected chi connectivity index (χ4v) is 2.57. The van der Waals surface area contributed by atoms with Gasteiger partial charge in [0.05, 0.1) is 6.61 Å². The van der Waals surface area contributed by atoms with Crippen LogP contribution >= 0.6 is 15.9 Å². The van der Waals surface area contributed by atoms with Gasteiger partial charge in [-0.15, -0.1) is 0 Å². The van der Waals surface area contributed by atoms with Crippen molar-refractivity contribution in [2.45, 2.75) is 6.54 Å². The number of hydrogen-bond acceptors (Lipinski definition) is 3. The Hall–Kier alpha value is -1.85. The zero-order valence-corrected chi connectivity index (χ0v) is 13.2. The molecule has 21 heavy (non-hydrogen) atoms. The van der Waals surface area contributed by atoms with E-state index >= 15 is 0 Å². The number of nitrogens with two attached hydrogens (primary N) is 1. The Kier molecular flexibility index (Phi) is 5.36. The van der Waals surface area contributed by atoms with Crippen molar-refractivity contribution in [2.24, 2.45) is 5.73 Å². The zero-order chi connectivity index (χ0) is 15.2. The van der Waals surface area contributed by atoms with Gasteiger partial charge in [-0.3, -0.25) is 5.41 Å². The number of rotatable bonds is 6. The highest BCUT2D eigenvalue weighted by Gasteiger charge is 2.14. The number of anilines is 1. The first-order valence-corrected chi connectivity index (χ1v) is 7.45. The smallest absolute Gasteiger partial charge is 0.124 e. The molecule has 0 heterocycles. The first kappa shape index (κ1) is 15.5. The second kappa shape index (κ2) is 7.24. The summed E-state index contributed by atoms with van der Waals surface area (Å²) in [5, 5.41) is 17.1. The summed E-state index contributed by atoms with van der Waals surface area (Å²) in [7, 11) is 0. The molecule has 2 rings (SSSR count). The van der Waals surface area contributed by atoms with Crippen LogP contribution in [0, 0.1) is 5.41 Å². The van der Waals surface area contributed by atoms with Crippen LogP contribution in [0.1, 0.15) is 11.1 Å². The predicted molar refractivity (Wildman–Crippen MR) is 89.7 cm³/mol. The van der Waals surface area contributed by atoms with E-state index < -0.39 is 0 Å². The number of nitrogen functional groups attached to an aromatic ring is 1. The van der Waals surface area contributed by atoms with Gasteiger partial charge in [0.25, 0.3) is 0 Å². The Morgan fingerprint density at radius 3 is 2.52 bits per heavy atom. The van der Waals surface area contributed by atoms with E-state index in [1.54, 1.807) is 0 Å². The molecule has 5 heteroatoms. The molecule has 0 aliphatic rings. The van der Waals surface area contributed by atoms with Gasteiger partial charge in [-0.2, -0.15) is 0 Å². The molecule has 2 aromatic rings. The van der Waals surface area contributed by atoms with E-state index in [0.717, 1.165) is 15.7 Å². The largest absolute Gasteiger partial charge is 0.395 e. The van der Waals surface area contributed by atoms with Crippen molar-refractivity contribution < 1.29 is 5.11 Å². The van der Waals surface area contributed by atoms with Gasteiger partial charge in [0.15, 0.2) is 0 Å². The molecule has 4 nitrogen and oxygen atoms in total. The summed E-state index contributed by atoms with van der Waals surface area (Å²) in [5.41, 5.74) is 8.34. The number of amidine groups is 1. The van der Waals surface area contributed by atoms with Crippen LogP contribution in [0.15, 0.2) is 53.0 Å². The molecule has 0 radical (unpaired) electrons. The highest BCUT2D eigenvalue weighted by atomic mass is 79.9. The molecule has 0 unspecified atom stereocenters. The number of aliphatic hydroxyl groups is 1. The standard InChI is InChI=1S/C16H18BrN3O/c17-13-6-7-15(14(10-13)16(18)19)20(8-9-21)11-12-4-2-1-3-5-12/h1-7,10,21H,8-9,11H2,(H3,18,19). The van der Waals surface area contributed by atoms with E-state index in [1.165, 1.54) is 0 Å². The minimum absolute atomic E-state index is 0.0160. The Bertz CT molecular complexity index is 616. The summed E-state index contributed by atoms with van der Waals surface area (Å²) < 4.78 is 0.875. The van der Waals surface area contributed by atoms with Crippen LogP contribution < -0.4 is 10.6 Å². The van der Waals surface area contributed by atoms with E-state index in [4.69, 9.17) is 11.1 Å². The minimum atomic E-state index is 0.0160. The van der Waals surface area contributed by atoms with Gasteiger partial charge in [0.2, 0.25) is 0 Å². The molecule has 110 valence electrons. The van der Waals surface area contributed by atoms with Crippen molar-refractivity contribution in [2.75, 3.05) is 18.1 Å². The van der Waals surface area contributed by atoms with Crippen molar-refractivity contribution >= 4 is 27.5 Å². The molecule has 0 saturated heterocycles. The predicted octanol–water partition coefficient (Wildman–Crippen LogP) is 2.73. The second-order valence-electron chi connectivity index (χ2n) is 4.71. The number of nitrogens with zero attached hydrogens (tertiary/aromatic N) is 1. The lowest BCUT2D eigenvalue weighted by molar-refractivity contribution is 0.301. The van der Waals surface area contributed by atoms with Crippen LogP contribution in [-0.2, 0) is 6.54 Å². The maximum atomic E-state index is 9.32. The molecular formula is C16H18BrN3O. The molecule has 0 atom stereocenters. The summed E-state index contributed by atoms with van der Waals surface area (Å²) in [5.74, 6) is 0.0160. The van der Waals surface area contributed by atoms with Crippen molar-refractivity contribution in [3.63, 3.8) is 0 Å². The van der Waals surface area contributed by atoms with Crippen LogP contribution in [0.5, 0.6) is 0 Å². The first-order chi connectivity index (χ1) is 10.1. The van der Waals surface area contributed by atoms with Gasteiger partial charge in [0.1, 0.15) is 5.84 Å². The fraction of sp³-hybridized carbons (Fsp3) is 0.188. The van der Waals surface area contributed by atoms with Gasteiger partial charge in [-0.05, 0) is 23.8 Å². The molecule has 4 N–H and O–H groups in total. The lowest BCUT2D eigenvalue weighted by atomic mass is 10.1. The third-order valence-electron chi connectivity index (χ3n) is 3.18. The second-order valence-corrected chi connectivity index (χ2v) is 5.62. The van der Waals surface area contributed by atoms with Gasteiger partial charge in [-0.1, -0.05) is 46.3 Å². The molecule has 0 aliphatic heterocycles. The first-order valence-electron chi connectivity index (χ1n) is 6.65. The number of hydrogen-bond donors (Lipinski definition) is 3. The monoisotopic (exact) mass is 347 g/mol. The van der Waals surface area contributed by atoms with E-state index in [2.05, 4.69) is 15.9 Å². The normalized spacial score (nSPS) is 10.4. The van der Waals surface area contributed by atoms with Crippen molar-refractivity contribution in [1.29, 1.82) is 5.41 Å². The molecule has 0 aromatic heterocycles. The van der Waals surface area contributed by atoms with Crippen LogP contribution in [0.3, 0.4) is 0 Å². The van der Waals surface area contributed by atoms with E-state index in [0.29, 0.717) is 18.7 Å². The third-order valence-corrected chi connectivity index (χ3v) is 3.67. The molecule has 0 bridgehead atoms. The molecule has 0 fully saturated rings. The highest BCUT2D eigenvalue weighted by molar-refractivity contribution is 9.10. The summed E-state index contributed by atoms with van der Waals surface area (Å²) in [6.07, 6.45) is 0. The average molecular weight is 348 g/mol. The van der Waals surface area contributed by atoms with Crippen LogP contribution in [0.4, 0.5) is 5.69 Å². The topological polar surface area (TPSA) is 73.3 Å². The van der Waals surface area contributed by atoms with E-state index in [-0.39, 0.29) is 12.4 Å². The summed E-state index contributed by atoms with van der Waals surface area (Å²) >= 11 is 3.40. The maximum absolute atomic E-state index is 9.32. The Morgan fingerprint density at radius 1 is 1.19 bits per heavy atom. The number of halogens is 1. The molecule has 0 spiro atoms. The molecule has 2 aromatic carbocycles. The summed E-state index contributed by atoms with van der Waals surface area (Å²) in [6, 6.07) is 15.7. The number of nitrogens with one attached hydrogen (secondary N) is 1. The third kappa shape index (κ3) is 4.06. The van der Waals surface area contributed by atoms with Crippen LogP contribution in [0.25, 0.3) is 0 Å². The Labute approximate surface area is 132 Å².